The van der Waals surface area contributed by atoms with Crippen LogP contribution in [-0.2, 0) is 14.3 Å². The molecule has 1 atom stereocenters. The minimum Gasteiger partial charge on any atom is -0.462 e. The van der Waals surface area contributed by atoms with Gasteiger partial charge in [0.15, 0.2) is 0 Å². The lowest BCUT2D eigenvalue weighted by molar-refractivity contribution is -0.132. The highest BCUT2D eigenvalue weighted by atomic mass is 16.5. The third kappa shape index (κ3) is 2.96. The van der Waals surface area contributed by atoms with Crippen LogP contribution in [0.15, 0.2) is 18.2 Å². The van der Waals surface area contributed by atoms with Crippen LogP contribution in [0, 0.1) is 0 Å². The Morgan fingerprint density at radius 3 is 2.86 bits per heavy atom. The first-order chi connectivity index (χ1) is 9.93. The molecular formula is C14H17N3O4. The summed E-state index contributed by atoms with van der Waals surface area (Å²) < 4.78 is 4.93. The lowest BCUT2D eigenvalue weighted by Gasteiger charge is -2.34. The lowest BCUT2D eigenvalue weighted by atomic mass is 10.1. The molecule has 7 nitrogen and oxygen atoms in total. The van der Waals surface area contributed by atoms with Gasteiger partial charge in [-0.1, -0.05) is 0 Å². The van der Waals surface area contributed by atoms with Crippen molar-refractivity contribution in [2.75, 3.05) is 23.8 Å². The molecule has 7 heteroatoms. The van der Waals surface area contributed by atoms with Crippen LogP contribution in [0.3, 0.4) is 0 Å². The average molecular weight is 291 g/mol. The zero-order valence-electron chi connectivity index (χ0n) is 11.9. The zero-order valence-corrected chi connectivity index (χ0v) is 11.9. The fourth-order valence-electron chi connectivity index (χ4n) is 2.14. The van der Waals surface area contributed by atoms with Crippen LogP contribution in [0.5, 0.6) is 0 Å². The maximum absolute atomic E-state index is 11.8. The summed E-state index contributed by atoms with van der Waals surface area (Å²) in [5, 5.41) is 2.25. The molecule has 1 unspecified atom stereocenters. The van der Waals surface area contributed by atoms with E-state index in [-0.39, 0.29) is 13.2 Å². The molecule has 1 aliphatic heterocycles. The third-order valence-corrected chi connectivity index (χ3v) is 3.27. The second-order valence-electron chi connectivity index (χ2n) is 4.71. The van der Waals surface area contributed by atoms with Crippen LogP contribution >= 0.6 is 0 Å². The van der Waals surface area contributed by atoms with Crippen molar-refractivity contribution in [1.29, 1.82) is 0 Å². The molecule has 3 N–H and O–H groups in total. The van der Waals surface area contributed by atoms with E-state index in [0.717, 1.165) is 0 Å². The van der Waals surface area contributed by atoms with Gasteiger partial charge < -0.3 is 15.4 Å². The van der Waals surface area contributed by atoms with E-state index < -0.39 is 23.8 Å². The quantitative estimate of drug-likeness (QED) is 0.472. The van der Waals surface area contributed by atoms with Crippen LogP contribution in [0.1, 0.15) is 24.2 Å². The Labute approximate surface area is 122 Å². The molecule has 0 bridgehead atoms. The average Bonchev–Trinajstić information content (AvgIpc) is 2.43. The van der Waals surface area contributed by atoms with Crippen molar-refractivity contribution in [3.8, 4) is 0 Å². The van der Waals surface area contributed by atoms with Crippen molar-refractivity contribution in [2.45, 2.75) is 19.9 Å². The Morgan fingerprint density at radius 1 is 1.48 bits per heavy atom. The van der Waals surface area contributed by atoms with Gasteiger partial charge >= 0.3 is 5.97 Å². The van der Waals surface area contributed by atoms with Gasteiger partial charge in [-0.15, -0.1) is 0 Å². The van der Waals surface area contributed by atoms with E-state index in [1.54, 1.807) is 30.9 Å². The molecular weight excluding hydrogens is 274 g/mol. The van der Waals surface area contributed by atoms with Crippen LogP contribution in [0.4, 0.5) is 11.4 Å². The number of imide groups is 1. The molecule has 0 aromatic heterocycles. The highest BCUT2D eigenvalue weighted by Gasteiger charge is 2.31. The van der Waals surface area contributed by atoms with E-state index >= 15 is 0 Å². The second kappa shape index (κ2) is 5.82. The molecule has 1 heterocycles. The number of piperazine rings is 1. The number of nitrogens with two attached hydrogens (primary N) is 1. The highest BCUT2D eigenvalue weighted by Crippen LogP contribution is 2.27. The van der Waals surface area contributed by atoms with E-state index in [1.807, 2.05) is 0 Å². The Bertz CT molecular complexity index is 600. The van der Waals surface area contributed by atoms with Crippen molar-refractivity contribution in [3.05, 3.63) is 23.8 Å². The molecule has 1 fully saturated rings. The minimum absolute atomic E-state index is 0.00336. The van der Waals surface area contributed by atoms with E-state index in [0.29, 0.717) is 16.9 Å². The molecule has 2 rings (SSSR count). The second-order valence-corrected chi connectivity index (χ2v) is 4.71. The maximum atomic E-state index is 11.8. The van der Waals surface area contributed by atoms with Gasteiger partial charge in [0.05, 0.1) is 30.1 Å². The molecule has 1 aromatic rings. The Balaban J connectivity index is 2.38. The number of anilines is 2. The normalized spacial score (nSPS) is 18.4. The number of benzene rings is 1. The number of esters is 1. The van der Waals surface area contributed by atoms with Crippen molar-refractivity contribution >= 4 is 29.2 Å². The van der Waals surface area contributed by atoms with Crippen LogP contribution in [0.2, 0.25) is 0 Å². The lowest BCUT2D eigenvalue weighted by Crippen LogP contribution is -2.57. The van der Waals surface area contributed by atoms with Crippen molar-refractivity contribution in [3.63, 3.8) is 0 Å². The number of nitrogens with zero attached hydrogens (tertiary/aromatic N) is 1. The molecule has 1 aromatic carbocycles. The van der Waals surface area contributed by atoms with Gasteiger partial charge in [-0.2, -0.15) is 0 Å². The summed E-state index contributed by atoms with van der Waals surface area (Å²) in [4.78, 5) is 36.6. The fraction of sp³-hybridized carbons (Fsp3) is 0.357. The summed E-state index contributed by atoms with van der Waals surface area (Å²) in [6.45, 7) is 3.65. The van der Waals surface area contributed by atoms with E-state index in [1.165, 1.54) is 6.07 Å². The molecule has 2 amide bonds. The summed E-state index contributed by atoms with van der Waals surface area (Å²) in [6, 6.07) is 4.09. The Morgan fingerprint density at radius 2 is 2.19 bits per heavy atom. The first kappa shape index (κ1) is 14.8. The first-order valence-corrected chi connectivity index (χ1v) is 6.61. The van der Waals surface area contributed by atoms with Crippen molar-refractivity contribution < 1.29 is 19.1 Å². The molecule has 0 aliphatic carbocycles. The maximum Gasteiger partial charge on any atom is 0.338 e. The molecule has 1 saturated heterocycles. The number of rotatable bonds is 3. The Kier molecular flexibility index (Phi) is 4.11. The van der Waals surface area contributed by atoms with Gasteiger partial charge in [0, 0.05) is 0 Å². The zero-order chi connectivity index (χ0) is 15.6. The summed E-state index contributed by atoms with van der Waals surface area (Å²) in [6.07, 6.45) is 0. The number of carbonyl (C=O) groups excluding carboxylic acids is 3. The highest BCUT2D eigenvalue weighted by molar-refractivity contribution is 6.05. The number of hydrogen-bond acceptors (Lipinski definition) is 6. The summed E-state index contributed by atoms with van der Waals surface area (Å²) >= 11 is 0. The van der Waals surface area contributed by atoms with Crippen LogP contribution < -0.4 is 16.0 Å². The molecule has 0 radical (unpaired) electrons. The predicted molar refractivity (Wildman–Crippen MR) is 76.8 cm³/mol. The molecule has 1 aliphatic rings. The summed E-state index contributed by atoms with van der Waals surface area (Å²) in [5.41, 5.74) is 7.09. The molecule has 112 valence electrons. The van der Waals surface area contributed by atoms with Gasteiger partial charge in [0.25, 0.3) is 0 Å². The standard InChI is InChI=1S/C14H17N3O4/c1-3-21-14(20)9-4-5-10(15)11(6-9)17-7-12(18)16-13(19)8(17)2/h4-6,8H,3,7,15H2,1-2H3,(H,16,18,19). The van der Waals surface area contributed by atoms with E-state index in [4.69, 9.17) is 10.5 Å². The molecule has 0 saturated carbocycles. The van der Waals surface area contributed by atoms with Crippen LogP contribution in [-0.4, -0.2) is 37.0 Å². The number of nitrogens with one attached hydrogen (secondary N) is 1. The topological polar surface area (TPSA) is 102 Å². The van der Waals surface area contributed by atoms with Crippen molar-refractivity contribution in [1.82, 2.24) is 5.32 Å². The minimum atomic E-state index is -0.553. The van der Waals surface area contributed by atoms with Gasteiger partial charge in [-0.3, -0.25) is 14.9 Å². The predicted octanol–water partition coefficient (Wildman–Crippen LogP) is 0.297. The van der Waals surface area contributed by atoms with Gasteiger partial charge in [-0.05, 0) is 32.0 Å². The number of ether oxygens (including phenoxy) is 1. The van der Waals surface area contributed by atoms with Gasteiger partial charge in [-0.25, -0.2) is 4.79 Å². The number of nitrogen functional groups attached to an aromatic ring is 1. The summed E-state index contributed by atoms with van der Waals surface area (Å²) in [7, 11) is 0. The Hall–Kier alpha value is -2.57. The molecule has 21 heavy (non-hydrogen) atoms. The fourth-order valence-corrected chi connectivity index (χ4v) is 2.14. The third-order valence-electron chi connectivity index (χ3n) is 3.27. The summed E-state index contributed by atoms with van der Waals surface area (Å²) in [5.74, 6) is -1.27. The van der Waals surface area contributed by atoms with Gasteiger partial charge in [0.2, 0.25) is 11.8 Å². The van der Waals surface area contributed by atoms with Crippen LogP contribution in [0.25, 0.3) is 0 Å². The molecule has 0 spiro atoms. The smallest absolute Gasteiger partial charge is 0.338 e. The number of amides is 2. The van der Waals surface area contributed by atoms with Gasteiger partial charge in [0.1, 0.15) is 6.04 Å². The SMILES string of the molecule is CCOC(=O)c1ccc(N)c(N2CC(=O)NC(=O)C2C)c1. The van der Waals surface area contributed by atoms with E-state index in [2.05, 4.69) is 5.32 Å². The largest absolute Gasteiger partial charge is 0.462 e. The monoisotopic (exact) mass is 291 g/mol. The number of hydrogen-bond donors (Lipinski definition) is 2. The first-order valence-electron chi connectivity index (χ1n) is 6.61. The number of carbonyl (C=O) groups is 3. The van der Waals surface area contributed by atoms with Crippen molar-refractivity contribution in [2.24, 2.45) is 0 Å². The van der Waals surface area contributed by atoms with E-state index in [9.17, 15) is 14.4 Å².